The zero-order valence-electron chi connectivity index (χ0n) is 45.7. The third-order valence-electron chi connectivity index (χ3n) is 19.1. The van der Waals surface area contributed by atoms with E-state index in [1.54, 1.807) is 0 Å². The summed E-state index contributed by atoms with van der Waals surface area (Å²) in [6.07, 6.45) is 0. The minimum absolute atomic E-state index is 0.527. The molecule has 0 atom stereocenters. The van der Waals surface area contributed by atoms with E-state index in [9.17, 15) is 0 Å². The van der Waals surface area contributed by atoms with Crippen molar-refractivity contribution in [1.29, 1.82) is 0 Å². The lowest BCUT2D eigenvalue weighted by atomic mass is 9.66. The van der Waals surface area contributed by atoms with Crippen LogP contribution in [0.25, 0.3) is 44.5 Å². The summed E-state index contributed by atoms with van der Waals surface area (Å²) in [5.41, 5.74) is 25.8. The van der Waals surface area contributed by atoms with Gasteiger partial charge in [0.2, 0.25) is 0 Å². The Hall–Kier alpha value is -10.7. The van der Waals surface area contributed by atoms with Gasteiger partial charge in [-0.1, -0.05) is 243 Å². The molecular weight excluding hydrogens is 1020 g/mol. The topological polar surface area (TPSA) is 21.7 Å². The van der Waals surface area contributed by atoms with E-state index < -0.39 is 16.2 Å². The number of rotatable bonds is 6. The molecule has 0 radical (unpaired) electrons. The van der Waals surface area contributed by atoms with Gasteiger partial charge in [0, 0.05) is 39.3 Å². The molecule has 3 nitrogen and oxygen atoms in total. The molecule has 0 N–H and O–H groups in total. The molecule has 0 amide bonds. The van der Waals surface area contributed by atoms with Gasteiger partial charge >= 0.3 is 0 Å². The van der Waals surface area contributed by atoms with Crippen molar-refractivity contribution in [1.82, 2.24) is 0 Å². The van der Waals surface area contributed by atoms with Crippen LogP contribution in [0.4, 0.5) is 17.1 Å². The van der Waals surface area contributed by atoms with Crippen LogP contribution in [0.5, 0.6) is 23.0 Å². The summed E-state index contributed by atoms with van der Waals surface area (Å²) in [6, 6.07) is 114. The Balaban J connectivity index is 0.848. The fourth-order valence-electron chi connectivity index (χ4n) is 15.8. The second-order valence-corrected chi connectivity index (χ2v) is 22.9. The van der Waals surface area contributed by atoms with E-state index in [1.807, 2.05) is 0 Å². The smallest absolute Gasteiger partial charge is 0.132 e. The van der Waals surface area contributed by atoms with E-state index in [4.69, 9.17) is 9.47 Å². The lowest BCUT2D eigenvalue weighted by Gasteiger charge is -2.39. The Morgan fingerprint density at radius 3 is 0.988 bits per heavy atom. The Kier molecular flexibility index (Phi) is 9.86. The van der Waals surface area contributed by atoms with Crippen molar-refractivity contribution in [3.63, 3.8) is 0 Å². The summed E-state index contributed by atoms with van der Waals surface area (Å²) in [6.45, 7) is 0. The van der Waals surface area contributed by atoms with Gasteiger partial charge in [0.25, 0.3) is 0 Å². The molecule has 2 heterocycles. The highest BCUT2D eigenvalue weighted by Gasteiger charge is 2.53. The molecule has 3 aliphatic carbocycles. The van der Waals surface area contributed by atoms with E-state index >= 15 is 0 Å². The summed E-state index contributed by atoms with van der Waals surface area (Å²) in [5.74, 6) is 3.54. The van der Waals surface area contributed by atoms with Crippen LogP contribution in [0.1, 0.15) is 66.8 Å². The van der Waals surface area contributed by atoms with Crippen LogP contribution in [-0.4, -0.2) is 0 Å². The average molecular weight is 1070 g/mol. The van der Waals surface area contributed by atoms with Crippen molar-refractivity contribution in [3.8, 4) is 67.5 Å². The fraction of sp³-hybridized carbons (Fsp3) is 0.0370. The molecule has 2 spiro atoms. The molecule has 0 bridgehead atoms. The second kappa shape index (κ2) is 17.6. The van der Waals surface area contributed by atoms with Gasteiger partial charge in [-0.15, -0.1) is 0 Å². The molecule has 0 saturated carbocycles. The lowest BCUT2D eigenvalue weighted by molar-refractivity contribution is 0.436. The van der Waals surface area contributed by atoms with Crippen LogP contribution in [-0.2, 0) is 16.2 Å². The first kappa shape index (κ1) is 47.0. The predicted molar refractivity (Wildman–Crippen MR) is 339 cm³/mol. The van der Waals surface area contributed by atoms with Gasteiger partial charge in [0.1, 0.15) is 23.0 Å². The normalized spacial score (nSPS) is 14.7. The van der Waals surface area contributed by atoms with Crippen LogP contribution in [0, 0.1) is 0 Å². The van der Waals surface area contributed by atoms with Gasteiger partial charge in [-0.2, -0.15) is 0 Å². The van der Waals surface area contributed by atoms with Gasteiger partial charge < -0.3 is 14.4 Å². The zero-order valence-corrected chi connectivity index (χ0v) is 45.7. The SMILES string of the molecule is c1ccc(C2(c3ccccc3)c3ccccc3-c3ccc(N(c4ccc(-c5ccc6c(c5)-c5ccccc5C65c6ccccc6Oc6ccccc65)cc4)c4ccc5c(c4)C4(c6ccccc6Oc6ccccc64)c4ccccc4-5)cc32)cc1. The maximum absolute atomic E-state index is 6.80. The van der Waals surface area contributed by atoms with E-state index in [0.717, 1.165) is 62.3 Å². The monoisotopic (exact) mass is 1070 g/mol. The summed E-state index contributed by atoms with van der Waals surface area (Å²) in [5, 5.41) is 0. The van der Waals surface area contributed by atoms with Crippen LogP contribution in [0.3, 0.4) is 0 Å². The van der Waals surface area contributed by atoms with Crippen molar-refractivity contribution in [3.05, 3.63) is 376 Å². The molecule has 0 aromatic heterocycles. The van der Waals surface area contributed by atoms with Crippen molar-refractivity contribution in [2.45, 2.75) is 16.2 Å². The number of benzene rings is 13. The predicted octanol–water partition coefficient (Wildman–Crippen LogP) is 20.1. The molecule has 392 valence electrons. The molecule has 2 aliphatic heterocycles. The van der Waals surface area contributed by atoms with Crippen LogP contribution in [0.15, 0.2) is 309 Å². The highest BCUT2D eigenvalue weighted by molar-refractivity contribution is 5.95. The summed E-state index contributed by atoms with van der Waals surface area (Å²) >= 11 is 0. The van der Waals surface area contributed by atoms with Gasteiger partial charge in [-0.05, 0) is 156 Å². The number of para-hydroxylation sites is 4. The summed E-state index contributed by atoms with van der Waals surface area (Å²) in [4.78, 5) is 2.49. The van der Waals surface area contributed by atoms with E-state index in [2.05, 4.69) is 314 Å². The van der Waals surface area contributed by atoms with E-state index in [0.29, 0.717) is 0 Å². The molecule has 84 heavy (non-hydrogen) atoms. The maximum Gasteiger partial charge on any atom is 0.132 e. The third-order valence-corrected chi connectivity index (χ3v) is 19.1. The van der Waals surface area contributed by atoms with Crippen LogP contribution < -0.4 is 14.4 Å². The molecule has 0 saturated heterocycles. The minimum atomic E-state index is -0.641. The van der Waals surface area contributed by atoms with Crippen molar-refractivity contribution >= 4 is 17.1 Å². The van der Waals surface area contributed by atoms with Gasteiger partial charge in [0.15, 0.2) is 0 Å². The fourth-order valence-corrected chi connectivity index (χ4v) is 15.8. The molecule has 3 heteroatoms. The Morgan fingerprint density at radius 2 is 0.524 bits per heavy atom. The maximum atomic E-state index is 6.80. The third kappa shape index (κ3) is 6.15. The zero-order chi connectivity index (χ0) is 55.1. The standard InChI is InChI=1S/C81H51NO2/c1-3-21-54(22-4-1)79(55-23-5-2-6-24-55)65-28-10-7-25-59(65)62-46-44-57(50-73(62)79)82(58-45-47-63-60-26-8-11-29-66(60)81(74(63)51-58)71-33-15-19-37-77(71)84-78-38-20-16-34-72(78)81)56-42-39-52(40-43-56)53-41-48-68-64(49-53)61-27-9-12-30-67(61)80(68)69-31-13-17-35-75(69)83-76-36-18-14-32-70(76)80/h1-51H. The van der Waals surface area contributed by atoms with Crippen LogP contribution >= 0.6 is 0 Å². The average Bonchev–Trinajstić information content (AvgIpc) is 1.65. The van der Waals surface area contributed by atoms with Gasteiger partial charge in [0.05, 0.1) is 16.2 Å². The van der Waals surface area contributed by atoms with E-state index in [-0.39, 0.29) is 0 Å². The molecular formula is C81H51NO2. The van der Waals surface area contributed by atoms with Crippen molar-refractivity contribution in [2.75, 3.05) is 4.90 Å². The minimum Gasteiger partial charge on any atom is -0.457 e. The second-order valence-electron chi connectivity index (χ2n) is 22.9. The van der Waals surface area contributed by atoms with Crippen molar-refractivity contribution in [2.24, 2.45) is 0 Å². The number of ether oxygens (including phenoxy) is 2. The van der Waals surface area contributed by atoms with Gasteiger partial charge in [-0.25, -0.2) is 0 Å². The number of anilines is 3. The molecule has 0 unspecified atom stereocenters. The highest BCUT2D eigenvalue weighted by Crippen LogP contribution is 2.65. The Morgan fingerprint density at radius 1 is 0.202 bits per heavy atom. The highest BCUT2D eigenvalue weighted by atomic mass is 16.5. The van der Waals surface area contributed by atoms with E-state index in [1.165, 1.54) is 89.0 Å². The molecule has 13 aromatic rings. The first-order valence-corrected chi connectivity index (χ1v) is 29.1. The first-order valence-electron chi connectivity index (χ1n) is 29.1. The molecule has 5 aliphatic rings. The molecule has 13 aromatic carbocycles. The van der Waals surface area contributed by atoms with Crippen LogP contribution in [0.2, 0.25) is 0 Å². The largest absolute Gasteiger partial charge is 0.457 e. The number of hydrogen-bond acceptors (Lipinski definition) is 3. The first-order chi connectivity index (χ1) is 41.6. The van der Waals surface area contributed by atoms with Gasteiger partial charge in [-0.3, -0.25) is 0 Å². The van der Waals surface area contributed by atoms with Crippen molar-refractivity contribution < 1.29 is 9.47 Å². The number of nitrogens with zero attached hydrogens (tertiary/aromatic N) is 1. The molecule has 18 rings (SSSR count). The summed E-state index contributed by atoms with van der Waals surface area (Å²) < 4.78 is 13.5. The lowest BCUT2D eigenvalue weighted by Crippen LogP contribution is -2.32. The summed E-state index contributed by atoms with van der Waals surface area (Å²) in [7, 11) is 0. The quantitative estimate of drug-likeness (QED) is 0.166. The molecule has 0 fully saturated rings. The number of hydrogen-bond donors (Lipinski definition) is 0. The number of fused-ring (bicyclic) bond motifs is 21. The Labute approximate surface area is 488 Å². The Bertz CT molecular complexity index is 4730.